The van der Waals surface area contributed by atoms with E-state index >= 15 is 0 Å². The minimum atomic E-state index is -4.76. The molecule has 8 nitrogen and oxygen atoms in total. The number of allylic oxidation sites excluding steroid dienone is 2. The second kappa shape index (κ2) is 43.4. The molecule has 0 aromatic heterocycles. The number of carbonyl (C=O) groups is 2. The summed E-state index contributed by atoms with van der Waals surface area (Å²) in [4.78, 5) is 42.9. The van der Waals surface area contributed by atoms with E-state index in [0.29, 0.717) is 12.8 Å². The van der Waals surface area contributed by atoms with Crippen molar-refractivity contribution in [1.82, 2.24) is 0 Å². The van der Waals surface area contributed by atoms with Crippen molar-refractivity contribution < 1.29 is 37.9 Å². The van der Waals surface area contributed by atoms with Gasteiger partial charge in [0.05, 0.1) is 6.61 Å². The molecule has 0 amide bonds. The SMILES string of the molecule is CCCCCCCCCCCCCCCCCCCC/C=C/CCCC(=O)OC[C@H](COP(=O)(O)O)OC(=O)CCCCCCCCCCCCCCCCC. The molecule has 0 heterocycles. The first kappa shape index (κ1) is 54.8. The molecule has 0 saturated heterocycles. The summed E-state index contributed by atoms with van der Waals surface area (Å²) in [6.07, 6.45) is 49.6. The quantitative estimate of drug-likeness (QED) is 0.0270. The Hall–Kier alpha value is -1.21. The van der Waals surface area contributed by atoms with Gasteiger partial charge < -0.3 is 19.3 Å². The lowest BCUT2D eigenvalue weighted by Crippen LogP contribution is -2.29. The summed E-state index contributed by atoms with van der Waals surface area (Å²) < 4.78 is 26.4. The van der Waals surface area contributed by atoms with Crippen molar-refractivity contribution in [3.05, 3.63) is 12.2 Å². The Bertz CT molecular complexity index is 920. The lowest BCUT2D eigenvalue weighted by Gasteiger charge is -2.18. The molecule has 0 spiro atoms. The van der Waals surface area contributed by atoms with Crippen molar-refractivity contribution in [2.45, 2.75) is 264 Å². The maximum absolute atomic E-state index is 12.4. The average Bonchev–Trinajstić information content (AvgIpc) is 3.17. The summed E-state index contributed by atoms with van der Waals surface area (Å²) in [5.74, 6) is -0.906. The molecule has 0 fully saturated rings. The zero-order valence-electron chi connectivity index (χ0n) is 36.8. The van der Waals surface area contributed by atoms with E-state index in [1.165, 1.54) is 186 Å². The molecular weight excluding hydrogens is 723 g/mol. The smallest absolute Gasteiger partial charge is 0.462 e. The van der Waals surface area contributed by atoms with Gasteiger partial charge >= 0.3 is 19.8 Å². The molecule has 0 bridgehead atoms. The summed E-state index contributed by atoms with van der Waals surface area (Å²) >= 11 is 0. The fourth-order valence-corrected chi connectivity index (χ4v) is 7.56. The molecule has 0 aliphatic heterocycles. The van der Waals surface area contributed by atoms with E-state index in [2.05, 4.69) is 30.5 Å². The molecule has 9 heteroatoms. The fourth-order valence-electron chi connectivity index (χ4n) is 7.20. The molecule has 0 aromatic carbocycles. The van der Waals surface area contributed by atoms with Gasteiger partial charge in [0.15, 0.2) is 6.10 Å². The van der Waals surface area contributed by atoms with Crippen LogP contribution in [0, 0.1) is 0 Å². The zero-order chi connectivity index (χ0) is 41.1. The number of unbranched alkanes of at least 4 members (excludes halogenated alkanes) is 33. The van der Waals surface area contributed by atoms with Crippen molar-refractivity contribution in [3.63, 3.8) is 0 Å². The highest BCUT2D eigenvalue weighted by atomic mass is 31.2. The molecule has 1 atom stereocenters. The highest BCUT2D eigenvalue weighted by molar-refractivity contribution is 7.46. The summed E-state index contributed by atoms with van der Waals surface area (Å²) in [7, 11) is -4.76. The van der Waals surface area contributed by atoms with E-state index in [9.17, 15) is 14.2 Å². The van der Waals surface area contributed by atoms with Gasteiger partial charge in [-0.1, -0.05) is 225 Å². The van der Waals surface area contributed by atoms with Gasteiger partial charge in [0.2, 0.25) is 0 Å². The van der Waals surface area contributed by atoms with Crippen molar-refractivity contribution in [2.24, 2.45) is 0 Å². The van der Waals surface area contributed by atoms with Crippen LogP contribution in [-0.4, -0.2) is 41.0 Å². The Labute approximate surface area is 346 Å². The van der Waals surface area contributed by atoms with Crippen LogP contribution in [0.4, 0.5) is 0 Å². The fraction of sp³-hybridized carbons (Fsp3) is 0.915. The minimum Gasteiger partial charge on any atom is -0.462 e. The standard InChI is InChI=1S/C47H91O8P/c1-3-5-7-9-11-13-15-17-19-20-21-22-23-24-25-26-28-29-31-33-35-37-39-41-46(48)53-43-45(44-54-56(50,51)52)55-47(49)42-40-38-36-34-32-30-27-18-16-14-12-10-8-6-4-2/h33,35,45H,3-32,34,36-44H2,1-2H3,(H2,50,51,52)/b35-33+/t45-/m1/s1. The lowest BCUT2D eigenvalue weighted by molar-refractivity contribution is -0.161. The lowest BCUT2D eigenvalue weighted by atomic mass is 10.0. The Morgan fingerprint density at radius 3 is 1.14 bits per heavy atom. The second-order valence-electron chi connectivity index (χ2n) is 16.4. The second-order valence-corrected chi connectivity index (χ2v) is 17.7. The Balaban J connectivity index is 3.81. The maximum Gasteiger partial charge on any atom is 0.469 e. The van der Waals surface area contributed by atoms with Crippen LogP contribution >= 0.6 is 7.82 Å². The first-order chi connectivity index (χ1) is 27.3. The Morgan fingerprint density at radius 1 is 0.446 bits per heavy atom. The van der Waals surface area contributed by atoms with Gasteiger partial charge in [-0.3, -0.25) is 14.1 Å². The predicted octanol–water partition coefficient (Wildman–Crippen LogP) is 15.0. The molecule has 0 saturated carbocycles. The monoisotopic (exact) mass is 815 g/mol. The normalized spacial score (nSPS) is 12.4. The number of esters is 2. The van der Waals surface area contributed by atoms with Crippen LogP contribution < -0.4 is 0 Å². The molecular formula is C47H91O8P. The number of ether oxygens (including phenoxy) is 2. The largest absolute Gasteiger partial charge is 0.469 e. The third-order valence-electron chi connectivity index (χ3n) is 10.8. The van der Waals surface area contributed by atoms with Gasteiger partial charge in [0, 0.05) is 12.8 Å². The van der Waals surface area contributed by atoms with Crippen LogP contribution in [0.2, 0.25) is 0 Å². The van der Waals surface area contributed by atoms with E-state index in [-0.39, 0.29) is 19.4 Å². The molecule has 0 aromatic rings. The molecule has 0 unspecified atom stereocenters. The van der Waals surface area contributed by atoms with Crippen LogP contribution in [0.5, 0.6) is 0 Å². The average molecular weight is 815 g/mol. The van der Waals surface area contributed by atoms with Gasteiger partial charge in [0.1, 0.15) is 6.61 Å². The van der Waals surface area contributed by atoms with Crippen LogP contribution in [0.1, 0.15) is 258 Å². The van der Waals surface area contributed by atoms with Gasteiger partial charge in [-0.15, -0.1) is 0 Å². The van der Waals surface area contributed by atoms with Crippen molar-refractivity contribution >= 4 is 19.8 Å². The number of hydrogen-bond acceptors (Lipinski definition) is 6. The van der Waals surface area contributed by atoms with Crippen LogP contribution in [0.25, 0.3) is 0 Å². The van der Waals surface area contributed by atoms with Crippen LogP contribution in [0.15, 0.2) is 12.2 Å². The molecule has 0 aliphatic carbocycles. The van der Waals surface area contributed by atoms with Crippen LogP contribution in [-0.2, 0) is 28.2 Å². The van der Waals surface area contributed by atoms with E-state index in [4.69, 9.17) is 19.3 Å². The zero-order valence-corrected chi connectivity index (χ0v) is 37.7. The van der Waals surface area contributed by atoms with E-state index in [0.717, 1.165) is 32.1 Å². The van der Waals surface area contributed by atoms with Gasteiger partial charge in [-0.2, -0.15) is 0 Å². The molecule has 2 N–H and O–H groups in total. The van der Waals surface area contributed by atoms with Gasteiger partial charge in [0.25, 0.3) is 0 Å². The number of phosphoric acid groups is 1. The molecule has 0 rings (SSSR count). The molecule has 332 valence electrons. The number of rotatable bonds is 45. The third kappa shape index (κ3) is 45.5. The number of hydrogen-bond donors (Lipinski definition) is 2. The maximum atomic E-state index is 12.4. The number of carbonyl (C=O) groups excluding carboxylic acids is 2. The highest BCUT2D eigenvalue weighted by Gasteiger charge is 2.22. The van der Waals surface area contributed by atoms with Gasteiger partial charge in [-0.25, -0.2) is 4.57 Å². The first-order valence-corrected chi connectivity index (χ1v) is 25.5. The van der Waals surface area contributed by atoms with Gasteiger partial charge in [-0.05, 0) is 32.1 Å². The summed E-state index contributed by atoms with van der Waals surface area (Å²) in [5, 5.41) is 0. The van der Waals surface area contributed by atoms with Crippen molar-refractivity contribution in [1.29, 1.82) is 0 Å². The van der Waals surface area contributed by atoms with E-state index < -0.39 is 32.5 Å². The van der Waals surface area contributed by atoms with E-state index in [1.54, 1.807) is 0 Å². The predicted molar refractivity (Wildman–Crippen MR) is 235 cm³/mol. The third-order valence-corrected chi connectivity index (χ3v) is 11.3. The number of phosphoric ester groups is 1. The van der Waals surface area contributed by atoms with Crippen molar-refractivity contribution in [2.75, 3.05) is 13.2 Å². The van der Waals surface area contributed by atoms with E-state index in [1.807, 2.05) is 0 Å². The molecule has 56 heavy (non-hydrogen) atoms. The first-order valence-electron chi connectivity index (χ1n) is 24.0. The Kier molecular flexibility index (Phi) is 42.4. The Morgan fingerprint density at radius 2 is 0.768 bits per heavy atom. The molecule has 0 radical (unpaired) electrons. The molecule has 0 aliphatic rings. The van der Waals surface area contributed by atoms with Crippen molar-refractivity contribution in [3.8, 4) is 0 Å². The summed E-state index contributed by atoms with van der Waals surface area (Å²) in [6.45, 7) is 3.71. The summed E-state index contributed by atoms with van der Waals surface area (Å²) in [5.41, 5.74) is 0. The topological polar surface area (TPSA) is 119 Å². The summed E-state index contributed by atoms with van der Waals surface area (Å²) in [6, 6.07) is 0. The van der Waals surface area contributed by atoms with Crippen LogP contribution in [0.3, 0.4) is 0 Å². The minimum absolute atomic E-state index is 0.213. The highest BCUT2D eigenvalue weighted by Crippen LogP contribution is 2.36.